The van der Waals surface area contributed by atoms with Gasteiger partial charge in [-0.2, -0.15) is 0 Å². The number of rotatable bonds is 10. The van der Waals surface area contributed by atoms with Crippen LogP contribution in [-0.4, -0.2) is 76.0 Å². The number of alkyl halides is 1. The van der Waals surface area contributed by atoms with Crippen LogP contribution in [-0.2, 0) is 19.1 Å². The van der Waals surface area contributed by atoms with Crippen LogP contribution in [0.4, 0.5) is 11.4 Å². The third-order valence-electron chi connectivity index (χ3n) is 8.92. The monoisotopic (exact) mass is 635 g/mol. The molecule has 2 aromatic carbocycles. The average molecular weight is 637 g/mol. The molecule has 222 valence electrons. The van der Waals surface area contributed by atoms with Gasteiger partial charge in [0.15, 0.2) is 0 Å². The number of hydrogen-bond acceptors (Lipinski definition) is 5. The maximum absolute atomic E-state index is 14.8. The standard InChI is InChI=1S/C33H38BrN3O5/c1-6-16-35(23-14-9-8-10-15-23)30(39)25-26-31(40)37(22(5)19-38)29(33(26)18-24(34)28(25)42-33)32(41)36(17-7-2)27-20(3)12-11-13-21(27)4/h6-15,22,24-26,28-29,38H,1-2,16-19H2,3-5H3/t22-,24?,25-,26+,28-,29?,33?/m1/s1. The number of anilines is 2. The number of para-hydroxylation sites is 2. The molecule has 0 radical (unpaired) electrons. The Bertz CT molecular complexity index is 1380. The van der Waals surface area contributed by atoms with Crippen molar-refractivity contribution in [3.05, 3.63) is 85.0 Å². The summed E-state index contributed by atoms with van der Waals surface area (Å²) in [7, 11) is 0. The number of ether oxygens (including phenoxy) is 1. The Morgan fingerprint density at radius 2 is 1.69 bits per heavy atom. The lowest BCUT2D eigenvalue weighted by molar-refractivity contribution is -0.143. The Hall–Kier alpha value is -3.27. The van der Waals surface area contributed by atoms with Gasteiger partial charge in [0.25, 0.3) is 5.91 Å². The van der Waals surface area contributed by atoms with E-state index in [2.05, 4.69) is 29.1 Å². The molecule has 8 nitrogen and oxygen atoms in total. The molecule has 2 bridgehead atoms. The number of aliphatic hydroxyl groups is 1. The minimum absolute atomic E-state index is 0.224. The second kappa shape index (κ2) is 11.8. The van der Waals surface area contributed by atoms with E-state index < -0.39 is 35.6 Å². The summed E-state index contributed by atoms with van der Waals surface area (Å²) in [6.45, 7) is 13.5. The molecular formula is C33H38BrN3O5. The molecule has 3 aliphatic heterocycles. The van der Waals surface area contributed by atoms with Crippen LogP contribution >= 0.6 is 15.9 Å². The van der Waals surface area contributed by atoms with Crippen LogP contribution < -0.4 is 9.80 Å². The maximum Gasteiger partial charge on any atom is 0.253 e. The molecule has 3 aliphatic rings. The molecule has 3 amide bonds. The average Bonchev–Trinajstić information content (AvgIpc) is 3.58. The first-order chi connectivity index (χ1) is 20.1. The van der Waals surface area contributed by atoms with Crippen LogP contribution in [0.5, 0.6) is 0 Å². The third-order valence-corrected chi connectivity index (χ3v) is 9.76. The molecule has 1 N–H and O–H groups in total. The SMILES string of the molecule is C=CCN(C(=O)[C@H]1[C@@H]2OC3(CC2Br)C(C(=O)N(CC=C)c2c(C)cccc2C)N([C@H](C)CO)C(=O)[C@H]13)c1ccccc1. The highest BCUT2D eigenvalue weighted by atomic mass is 79.9. The topological polar surface area (TPSA) is 90.4 Å². The Kier molecular flexibility index (Phi) is 8.47. The van der Waals surface area contributed by atoms with Crippen molar-refractivity contribution in [3.63, 3.8) is 0 Å². The van der Waals surface area contributed by atoms with Crippen LogP contribution in [0.3, 0.4) is 0 Å². The Balaban J connectivity index is 1.63. The zero-order valence-corrected chi connectivity index (χ0v) is 25.9. The summed E-state index contributed by atoms with van der Waals surface area (Å²) >= 11 is 3.75. The predicted octanol–water partition coefficient (Wildman–Crippen LogP) is 4.17. The van der Waals surface area contributed by atoms with Crippen molar-refractivity contribution in [1.82, 2.24) is 4.90 Å². The number of likely N-dealkylation sites (tertiary alicyclic amines) is 1. The summed E-state index contributed by atoms with van der Waals surface area (Å²) in [6, 6.07) is 13.4. The van der Waals surface area contributed by atoms with Gasteiger partial charge in [0, 0.05) is 29.3 Å². The fourth-order valence-corrected chi connectivity index (χ4v) is 8.17. The number of amides is 3. The summed E-state index contributed by atoms with van der Waals surface area (Å²) in [5, 5.41) is 10.3. The number of aryl methyl sites for hydroxylation is 2. The smallest absolute Gasteiger partial charge is 0.253 e. The summed E-state index contributed by atoms with van der Waals surface area (Å²) in [5.74, 6) is -2.62. The van der Waals surface area contributed by atoms with Crippen molar-refractivity contribution in [3.8, 4) is 0 Å². The molecule has 2 aromatic rings. The van der Waals surface area contributed by atoms with E-state index in [-0.39, 0.29) is 42.2 Å². The fraction of sp³-hybridized carbons (Fsp3) is 0.424. The zero-order valence-electron chi connectivity index (χ0n) is 24.3. The Morgan fingerprint density at radius 3 is 2.29 bits per heavy atom. The van der Waals surface area contributed by atoms with E-state index in [1.807, 2.05) is 62.4 Å². The molecular weight excluding hydrogens is 598 g/mol. The minimum atomic E-state index is -1.25. The van der Waals surface area contributed by atoms with Crippen molar-refractivity contribution in [2.45, 2.75) is 55.8 Å². The zero-order chi connectivity index (χ0) is 30.3. The number of carbonyl (C=O) groups excluding carboxylic acids is 3. The van der Waals surface area contributed by atoms with Gasteiger partial charge < -0.3 is 24.5 Å². The van der Waals surface area contributed by atoms with Gasteiger partial charge in [-0.05, 0) is 50.5 Å². The summed E-state index contributed by atoms with van der Waals surface area (Å²) in [6.07, 6.45) is 3.10. The molecule has 9 heteroatoms. The molecule has 3 saturated heterocycles. The molecule has 0 aromatic heterocycles. The highest BCUT2D eigenvalue weighted by molar-refractivity contribution is 9.09. The Morgan fingerprint density at radius 1 is 1.07 bits per heavy atom. The quantitative estimate of drug-likeness (QED) is 0.313. The lowest BCUT2D eigenvalue weighted by Crippen LogP contribution is -2.59. The molecule has 5 rings (SSSR count). The van der Waals surface area contributed by atoms with Gasteiger partial charge in [-0.1, -0.05) is 64.5 Å². The highest BCUT2D eigenvalue weighted by Crippen LogP contribution is 2.61. The van der Waals surface area contributed by atoms with Gasteiger partial charge in [0.2, 0.25) is 11.8 Å². The van der Waals surface area contributed by atoms with Crippen molar-refractivity contribution >= 4 is 45.0 Å². The number of aliphatic hydroxyl groups excluding tert-OH is 1. The molecule has 1 spiro atoms. The number of nitrogens with zero attached hydrogens (tertiary/aromatic N) is 3. The van der Waals surface area contributed by atoms with E-state index in [4.69, 9.17) is 4.74 Å². The molecule has 3 heterocycles. The van der Waals surface area contributed by atoms with Gasteiger partial charge in [-0.3, -0.25) is 14.4 Å². The molecule has 3 unspecified atom stereocenters. The highest BCUT2D eigenvalue weighted by Gasteiger charge is 2.77. The lowest BCUT2D eigenvalue weighted by atomic mass is 9.70. The van der Waals surface area contributed by atoms with Gasteiger partial charge in [0.1, 0.15) is 11.6 Å². The summed E-state index contributed by atoms with van der Waals surface area (Å²) in [4.78, 5) is 48.1. The molecule has 7 atom stereocenters. The van der Waals surface area contributed by atoms with E-state index >= 15 is 0 Å². The van der Waals surface area contributed by atoms with Crippen LogP contribution in [0.15, 0.2) is 73.8 Å². The third kappa shape index (κ3) is 4.62. The molecule has 42 heavy (non-hydrogen) atoms. The van der Waals surface area contributed by atoms with Crippen LogP contribution in [0.25, 0.3) is 0 Å². The predicted molar refractivity (Wildman–Crippen MR) is 167 cm³/mol. The van der Waals surface area contributed by atoms with Crippen molar-refractivity contribution in [2.24, 2.45) is 11.8 Å². The number of benzene rings is 2. The van der Waals surface area contributed by atoms with Crippen molar-refractivity contribution in [1.29, 1.82) is 0 Å². The van der Waals surface area contributed by atoms with E-state index in [1.54, 1.807) is 28.9 Å². The largest absolute Gasteiger partial charge is 0.394 e. The van der Waals surface area contributed by atoms with E-state index in [1.165, 1.54) is 4.90 Å². The first kappa shape index (κ1) is 30.2. The van der Waals surface area contributed by atoms with E-state index in [9.17, 15) is 19.5 Å². The van der Waals surface area contributed by atoms with Crippen molar-refractivity contribution in [2.75, 3.05) is 29.5 Å². The second-order valence-electron chi connectivity index (χ2n) is 11.5. The summed E-state index contributed by atoms with van der Waals surface area (Å²) in [5.41, 5.74) is 2.02. The molecule has 3 fully saturated rings. The lowest BCUT2D eigenvalue weighted by Gasteiger charge is -2.39. The van der Waals surface area contributed by atoms with Crippen LogP contribution in [0.2, 0.25) is 0 Å². The normalized spacial score (nSPS) is 28.4. The van der Waals surface area contributed by atoms with E-state index in [0.29, 0.717) is 12.1 Å². The second-order valence-corrected chi connectivity index (χ2v) is 12.7. The number of halogens is 1. The molecule has 0 aliphatic carbocycles. The number of fused-ring (bicyclic) bond motifs is 1. The summed E-state index contributed by atoms with van der Waals surface area (Å²) < 4.78 is 6.71. The van der Waals surface area contributed by atoms with Gasteiger partial charge >= 0.3 is 0 Å². The first-order valence-corrected chi connectivity index (χ1v) is 15.2. The molecule has 0 saturated carbocycles. The van der Waals surface area contributed by atoms with Crippen LogP contribution in [0.1, 0.15) is 24.5 Å². The van der Waals surface area contributed by atoms with Crippen molar-refractivity contribution < 1.29 is 24.2 Å². The fourth-order valence-electron chi connectivity index (χ4n) is 7.23. The first-order valence-electron chi connectivity index (χ1n) is 14.3. The number of hydrogen-bond donors (Lipinski definition) is 1. The minimum Gasteiger partial charge on any atom is -0.394 e. The maximum atomic E-state index is 14.8. The Labute approximate surface area is 255 Å². The van der Waals surface area contributed by atoms with E-state index in [0.717, 1.165) is 16.8 Å². The number of carbonyl (C=O) groups is 3. The van der Waals surface area contributed by atoms with Gasteiger partial charge in [0.05, 0.1) is 30.6 Å². The van der Waals surface area contributed by atoms with Crippen LogP contribution in [0, 0.1) is 25.7 Å². The van der Waals surface area contributed by atoms with Gasteiger partial charge in [-0.15, -0.1) is 13.2 Å². The van der Waals surface area contributed by atoms with Gasteiger partial charge in [-0.25, -0.2) is 0 Å².